The second-order valence-electron chi connectivity index (χ2n) is 11.5. The predicted molar refractivity (Wildman–Crippen MR) is 178 cm³/mol. The molecule has 0 saturated heterocycles. The number of nitrogens with zero attached hydrogens (tertiary/aromatic N) is 4. The van der Waals surface area contributed by atoms with Gasteiger partial charge in [-0.1, -0.05) is 78.2 Å². The van der Waals surface area contributed by atoms with Crippen molar-refractivity contribution >= 4 is 27.3 Å². The zero-order valence-electron chi connectivity index (χ0n) is 24.8. The van der Waals surface area contributed by atoms with E-state index >= 15 is 0 Å². The van der Waals surface area contributed by atoms with Crippen molar-refractivity contribution in [1.29, 1.82) is 0 Å². The van der Waals surface area contributed by atoms with Crippen molar-refractivity contribution in [2.75, 3.05) is 0 Å². The van der Waals surface area contributed by atoms with E-state index in [4.69, 9.17) is 15.0 Å². The van der Waals surface area contributed by atoms with E-state index in [2.05, 4.69) is 109 Å². The van der Waals surface area contributed by atoms with Crippen molar-refractivity contribution in [3.63, 3.8) is 0 Å². The maximum Gasteiger partial charge on any atom is 2.00 e. The van der Waals surface area contributed by atoms with E-state index in [0.717, 1.165) is 72.6 Å². The molecule has 0 fully saturated rings. The van der Waals surface area contributed by atoms with Crippen molar-refractivity contribution in [2.45, 2.75) is 19.3 Å². The first-order chi connectivity index (χ1) is 21.6. The molecule has 0 spiro atoms. The molecule has 0 aliphatic rings. The summed E-state index contributed by atoms with van der Waals surface area (Å²) >= 11 is 0. The number of rotatable bonds is 5. The van der Waals surface area contributed by atoms with Gasteiger partial charge in [0.1, 0.15) is 5.82 Å². The average molecular weight is 760 g/mol. The summed E-state index contributed by atoms with van der Waals surface area (Å²) in [5, 5.41) is 2.04. The SMILES string of the molecule is CC(C)(c1cccc(-c2[c-]cccc2)n1)c1ccc2c(n1)c1[c-]cccc1c1c(-c3ccccc3)nc(-c3ccccc3)n21.[Pt+2]. The molecule has 5 heteroatoms. The molecule has 0 atom stereocenters. The van der Waals surface area contributed by atoms with Crippen LogP contribution in [0, 0.1) is 12.1 Å². The van der Waals surface area contributed by atoms with Crippen LogP contribution in [0.4, 0.5) is 0 Å². The fourth-order valence-corrected chi connectivity index (χ4v) is 6.09. The first-order valence-corrected chi connectivity index (χ1v) is 14.8. The molecule has 0 radical (unpaired) electrons. The third-order valence-electron chi connectivity index (χ3n) is 8.43. The summed E-state index contributed by atoms with van der Waals surface area (Å²) in [5.41, 5.74) is 9.31. The molecule has 45 heavy (non-hydrogen) atoms. The normalized spacial score (nSPS) is 11.6. The van der Waals surface area contributed by atoms with Crippen LogP contribution in [0.1, 0.15) is 25.2 Å². The number of fused-ring (bicyclic) bond motifs is 6. The molecule has 0 unspecified atom stereocenters. The summed E-state index contributed by atoms with van der Waals surface area (Å²) in [4.78, 5) is 15.8. The first-order valence-electron chi connectivity index (χ1n) is 14.8. The van der Waals surface area contributed by atoms with Gasteiger partial charge < -0.3 is 9.38 Å². The number of aromatic nitrogens is 4. The van der Waals surface area contributed by atoms with E-state index in [1.54, 1.807) is 0 Å². The Bertz CT molecular complexity index is 2290. The van der Waals surface area contributed by atoms with Crippen LogP contribution in [0.25, 0.3) is 61.2 Å². The summed E-state index contributed by atoms with van der Waals surface area (Å²) in [7, 11) is 0. The van der Waals surface area contributed by atoms with Crippen molar-refractivity contribution in [3.8, 4) is 33.9 Å². The van der Waals surface area contributed by atoms with Gasteiger partial charge in [0, 0.05) is 44.5 Å². The van der Waals surface area contributed by atoms with Crippen LogP contribution in [-0.4, -0.2) is 19.4 Å². The van der Waals surface area contributed by atoms with E-state index in [9.17, 15) is 0 Å². The average Bonchev–Trinajstić information content (AvgIpc) is 3.51. The molecule has 8 aromatic rings. The van der Waals surface area contributed by atoms with Crippen LogP contribution >= 0.6 is 0 Å². The van der Waals surface area contributed by atoms with E-state index in [-0.39, 0.29) is 21.1 Å². The maximum atomic E-state index is 5.39. The molecule has 0 bridgehead atoms. The van der Waals surface area contributed by atoms with E-state index in [1.807, 2.05) is 54.6 Å². The molecule has 4 nitrogen and oxygen atoms in total. The zero-order chi connectivity index (χ0) is 29.7. The minimum Gasteiger partial charge on any atom is -0.307 e. The minimum absolute atomic E-state index is 0. The third kappa shape index (κ3) is 4.87. The van der Waals surface area contributed by atoms with Gasteiger partial charge in [-0.05, 0) is 37.7 Å². The Labute approximate surface area is 276 Å². The molecular weight excluding hydrogens is 732 g/mol. The van der Waals surface area contributed by atoms with Crippen molar-refractivity contribution < 1.29 is 21.1 Å². The molecule has 4 heterocycles. The quantitative estimate of drug-likeness (QED) is 0.130. The standard InChI is InChI=1S/C40H28N4.Pt/c1-40(2,34-24-14-23-32(41-34)27-15-6-3-7-16-27)35-26-25-33-37(42-35)30-21-12-13-22-31(30)38-36(28-17-8-4-9-18-28)43-39(44(33)38)29-19-10-5-11-20-29;/h3-15,17-20,22-26H,1-2H3;/q-2;+2. The first kappa shape index (κ1) is 28.8. The van der Waals surface area contributed by atoms with Gasteiger partial charge in [0.2, 0.25) is 0 Å². The molecule has 8 rings (SSSR count). The van der Waals surface area contributed by atoms with Gasteiger partial charge in [0.05, 0.1) is 5.69 Å². The summed E-state index contributed by atoms with van der Waals surface area (Å²) in [5.74, 6) is 0.887. The molecule has 4 aromatic carbocycles. The van der Waals surface area contributed by atoms with Crippen LogP contribution in [0.15, 0.2) is 133 Å². The van der Waals surface area contributed by atoms with E-state index < -0.39 is 5.41 Å². The molecule has 0 amide bonds. The second-order valence-corrected chi connectivity index (χ2v) is 11.5. The summed E-state index contributed by atoms with van der Waals surface area (Å²) in [6.45, 7) is 4.37. The molecule has 4 aromatic heterocycles. The van der Waals surface area contributed by atoms with Crippen molar-refractivity contribution in [3.05, 3.63) is 157 Å². The van der Waals surface area contributed by atoms with Crippen LogP contribution in [-0.2, 0) is 26.5 Å². The number of pyridine rings is 3. The van der Waals surface area contributed by atoms with Gasteiger partial charge in [-0.25, -0.2) is 4.98 Å². The summed E-state index contributed by atoms with van der Waals surface area (Å²) in [6.07, 6.45) is 0. The topological polar surface area (TPSA) is 43.1 Å². The Balaban J connectivity index is 0.00000325. The predicted octanol–water partition coefficient (Wildman–Crippen LogP) is 9.36. The van der Waals surface area contributed by atoms with Gasteiger partial charge in [0.15, 0.2) is 0 Å². The molecular formula is C40H28N4Pt. The monoisotopic (exact) mass is 759 g/mol. The van der Waals surface area contributed by atoms with Crippen LogP contribution in [0.2, 0.25) is 0 Å². The minimum atomic E-state index is -0.457. The molecule has 0 saturated carbocycles. The summed E-state index contributed by atoms with van der Waals surface area (Å²) in [6, 6.07) is 52.3. The fraction of sp³-hybridized carbons (Fsp3) is 0.0750. The van der Waals surface area contributed by atoms with E-state index in [0.29, 0.717) is 0 Å². The van der Waals surface area contributed by atoms with E-state index in [1.165, 1.54) is 0 Å². The Morgan fingerprint density at radius 2 is 1.31 bits per heavy atom. The van der Waals surface area contributed by atoms with Gasteiger partial charge in [-0.3, -0.25) is 4.98 Å². The van der Waals surface area contributed by atoms with Gasteiger partial charge in [-0.2, -0.15) is 0 Å². The molecule has 0 aliphatic carbocycles. The largest absolute Gasteiger partial charge is 2.00 e. The van der Waals surface area contributed by atoms with Crippen LogP contribution in [0.3, 0.4) is 0 Å². The summed E-state index contributed by atoms with van der Waals surface area (Å²) < 4.78 is 2.27. The van der Waals surface area contributed by atoms with Gasteiger partial charge in [-0.15, -0.1) is 65.5 Å². The van der Waals surface area contributed by atoms with Crippen LogP contribution in [0.5, 0.6) is 0 Å². The number of hydrogen-bond donors (Lipinski definition) is 0. The molecule has 0 N–H and O–H groups in total. The molecule has 0 aliphatic heterocycles. The van der Waals surface area contributed by atoms with Crippen LogP contribution < -0.4 is 0 Å². The second kappa shape index (κ2) is 11.5. The molecule has 218 valence electrons. The fourth-order valence-electron chi connectivity index (χ4n) is 6.09. The maximum absolute atomic E-state index is 5.39. The number of hydrogen-bond acceptors (Lipinski definition) is 3. The Morgan fingerprint density at radius 1 is 0.600 bits per heavy atom. The smallest absolute Gasteiger partial charge is 0.307 e. The Hall–Kier alpha value is -4.92. The zero-order valence-corrected chi connectivity index (χ0v) is 27.1. The number of imidazole rings is 1. The van der Waals surface area contributed by atoms with Gasteiger partial charge in [0.25, 0.3) is 0 Å². The number of benzene rings is 4. The van der Waals surface area contributed by atoms with Crippen molar-refractivity contribution in [1.82, 2.24) is 19.4 Å². The van der Waals surface area contributed by atoms with Gasteiger partial charge >= 0.3 is 21.1 Å². The third-order valence-corrected chi connectivity index (χ3v) is 8.43. The Morgan fingerprint density at radius 3 is 2.07 bits per heavy atom. The Kier molecular flexibility index (Phi) is 7.39. The van der Waals surface area contributed by atoms with Crippen molar-refractivity contribution in [2.24, 2.45) is 0 Å².